The molecule has 0 saturated carbocycles. The molecule has 3 nitrogen and oxygen atoms in total. The van der Waals surface area contributed by atoms with Gasteiger partial charge in [0.2, 0.25) is 5.91 Å². The molecule has 0 bridgehead atoms. The van der Waals surface area contributed by atoms with Crippen molar-refractivity contribution in [2.75, 3.05) is 24.5 Å². The average molecular weight is 265 g/mol. The van der Waals surface area contributed by atoms with E-state index in [1.807, 2.05) is 17.0 Å². The first-order chi connectivity index (χ1) is 8.61. The Bertz CT molecular complexity index is 495. The predicted molar refractivity (Wildman–Crippen MR) is 73.1 cm³/mol. The minimum absolute atomic E-state index is 0.0790. The molecule has 96 valence electrons. The van der Waals surface area contributed by atoms with Crippen molar-refractivity contribution in [1.82, 2.24) is 5.32 Å². The van der Waals surface area contributed by atoms with E-state index in [4.69, 9.17) is 11.6 Å². The summed E-state index contributed by atoms with van der Waals surface area (Å²) in [6.07, 6.45) is 2.14. The topological polar surface area (TPSA) is 32.3 Å². The molecule has 1 N–H and O–H groups in total. The number of hydrogen-bond acceptors (Lipinski definition) is 2. The van der Waals surface area contributed by atoms with Crippen molar-refractivity contribution in [2.45, 2.75) is 19.8 Å². The third-order valence-corrected chi connectivity index (χ3v) is 4.42. The number of amides is 1. The largest absolute Gasteiger partial charge is 0.316 e. The molecule has 3 rings (SSSR count). The van der Waals surface area contributed by atoms with Crippen molar-refractivity contribution in [3.05, 3.63) is 28.8 Å². The van der Waals surface area contributed by atoms with E-state index >= 15 is 0 Å². The lowest BCUT2D eigenvalue weighted by Gasteiger charge is -2.41. The maximum absolute atomic E-state index is 11.9. The Labute approximate surface area is 112 Å². The summed E-state index contributed by atoms with van der Waals surface area (Å²) in [5, 5.41) is 4.10. The third-order valence-electron chi connectivity index (χ3n) is 4.11. The summed E-state index contributed by atoms with van der Waals surface area (Å²) in [7, 11) is 0. The first kappa shape index (κ1) is 12.0. The van der Waals surface area contributed by atoms with Crippen LogP contribution >= 0.6 is 11.6 Å². The van der Waals surface area contributed by atoms with E-state index in [-0.39, 0.29) is 11.3 Å². The Morgan fingerprint density at radius 1 is 1.50 bits per heavy atom. The summed E-state index contributed by atoms with van der Waals surface area (Å²) in [4.78, 5) is 13.8. The van der Waals surface area contributed by atoms with Gasteiger partial charge in [0.05, 0.1) is 10.7 Å². The third kappa shape index (κ3) is 1.82. The fraction of sp³-hybridized carbons (Fsp3) is 0.500. The van der Waals surface area contributed by atoms with Crippen molar-refractivity contribution in [2.24, 2.45) is 5.41 Å². The van der Waals surface area contributed by atoms with Gasteiger partial charge in [-0.3, -0.25) is 4.79 Å². The highest BCUT2D eigenvalue weighted by Crippen LogP contribution is 2.43. The van der Waals surface area contributed by atoms with Crippen LogP contribution in [-0.4, -0.2) is 25.5 Å². The SMILES string of the molecule is CC(=O)N1CC2(CCNC2)Cc2cccc(Cl)c21. The van der Waals surface area contributed by atoms with Crippen molar-refractivity contribution >= 4 is 23.2 Å². The quantitative estimate of drug-likeness (QED) is 0.779. The van der Waals surface area contributed by atoms with Crippen molar-refractivity contribution in [1.29, 1.82) is 0 Å². The molecule has 1 unspecified atom stereocenters. The molecule has 1 fully saturated rings. The highest BCUT2D eigenvalue weighted by atomic mass is 35.5. The van der Waals surface area contributed by atoms with Gasteiger partial charge in [-0.2, -0.15) is 0 Å². The summed E-state index contributed by atoms with van der Waals surface area (Å²) in [5.41, 5.74) is 2.32. The molecular formula is C14H17ClN2O. The highest BCUT2D eigenvalue weighted by molar-refractivity contribution is 6.34. The lowest BCUT2D eigenvalue weighted by Crippen LogP contribution is -2.47. The van der Waals surface area contributed by atoms with Crippen LogP contribution in [-0.2, 0) is 11.2 Å². The van der Waals surface area contributed by atoms with Crippen LogP contribution in [0.4, 0.5) is 5.69 Å². The van der Waals surface area contributed by atoms with E-state index < -0.39 is 0 Å². The first-order valence-electron chi connectivity index (χ1n) is 6.38. The second kappa shape index (κ2) is 4.25. The fourth-order valence-corrected chi connectivity index (χ4v) is 3.53. The van der Waals surface area contributed by atoms with Gasteiger partial charge in [0.15, 0.2) is 0 Å². The number of halogens is 1. The van der Waals surface area contributed by atoms with Crippen LogP contribution in [0.3, 0.4) is 0 Å². The van der Waals surface area contributed by atoms with Crippen LogP contribution in [0.15, 0.2) is 18.2 Å². The highest BCUT2D eigenvalue weighted by Gasteiger charge is 2.41. The van der Waals surface area contributed by atoms with E-state index in [1.54, 1.807) is 6.92 Å². The molecule has 2 aliphatic rings. The van der Waals surface area contributed by atoms with E-state index in [1.165, 1.54) is 5.56 Å². The summed E-state index contributed by atoms with van der Waals surface area (Å²) in [6.45, 7) is 4.44. The minimum atomic E-state index is 0.0790. The molecule has 2 aliphatic heterocycles. The first-order valence-corrected chi connectivity index (χ1v) is 6.75. The maximum Gasteiger partial charge on any atom is 0.223 e. The Hall–Kier alpha value is -1.06. The standard InChI is InChI=1S/C14H17ClN2O/c1-10(18)17-9-14(5-6-16-8-14)7-11-3-2-4-12(15)13(11)17/h2-4,16H,5-9H2,1H3. The fourth-order valence-electron chi connectivity index (χ4n) is 3.23. The van der Waals surface area contributed by atoms with Gasteiger partial charge in [0.1, 0.15) is 0 Å². The molecular weight excluding hydrogens is 248 g/mol. The second-order valence-corrected chi connectivity index (χ2v) is 5.86. The average Bonchev–Trinajstić information content (AvgIpc) is 2.76. The molecule has 0 radical (unpaired) electrons. The van der Waals surface area contributed by atoms with Crippen LogP contribution in [0.25, 0.3) is 0 Å². The molecule has 1 amide bonds. The van der Waals surface area contributed by atoms with Crippen molar-refractivity contribution < 1.29 is 4.79 Å². The minimum Gasteiger partial charge on any atom is -0.316 e. The van der Waals surface area contributed by atoms with Crippen LogP contribution in [0.1, 0.15) is 18.9 Å². The van der Waals surface area contributed by atoms with Crippen LogP contribution in [0, 0.1) is 5.41 Å². The molecule has 0 aliphatic carbocycles. The van der Waals surface area contributed by atoms with Gasteiger partial charge >= 0.3 is 0 Å². The van der Waals surface area contributed by atoms with E-state index in [0.717, 1.165) is 38.2 Å². The van der Waals surface area contributed by atoms with Gasteiger partial charge in [-0.25, -0.2) is 0 Å². The number of nitrogens with zero attached hydrogens (tertiary/aromatic N) is 1. The van der Waals surface area contributed by atoms with Crippen molar-refractivity contribution in [3.8, 4) is 0 Å². The molecule has 1 aromatic rings. The summed E-state index contributed by atoms with van der Waals surface area (Å²) in [6, 6.07) is 5.93. The monoisotopic (exact) mass is 264 g/mol. The number of fused-ring (bicyclic) bond motifs is 1. The molecule has 0 aromatic heterocycles. The molecule has 1 spiro atoms. The van der Waals surface area contributed by atoms with Gasteiger partial charge < -0.3 is 10.2 Å². The maximum atomic E-state index is 11.9. The zero-order valence-electron chi connectivity index (χ0n) is 10.5. The Morgan fingerprint density at radius 3 is 3.00 bits per heavy atom. The van der Waals surface area contributed by atoms with Crippen molar-refractivity contribution in [3.63, 3.8) is 0 Å². The lowest BCUT2D eigenvalue weighted by atomic mass is 9.77. The number of hydrogen-bond donors (Lipinski definition) is 1. The zero-order chi connectivity index (χ0) is 12.8. The number of anilines is 1. The van der Waals surface area contributed by atoms with E-state index in [0.29, 0.717) is 5.02 Å². The summed E-state index contributed by atoms with van der Waals surface area (Å²) >= 11 is 6.27. The number of nitrogens with one attached hydrogen (secondary N) is 1. The van der Waals surface area contributed by atoms with E-state index in [9.17, 15) is 4.79 Å². The summed E-state index contributed by atoms with van der Waals surface area (Å²) in [5.74, 6) is 0.0790. The Morgan fingerprint density at radius 2 is 2.33 bits per heavy atom. The van der Waals surface area contributed by atoms with Crippen LogP contribution < -0.4 is 10.2 Å². The van der Waals surface area contributed by atoms with Gasteiger partial charge in [0, 0.05) is 25.4 Å². The van der Waals surface area contributed by atoms with Gasteiger partial charge in [-0.1, -0.05) is 23.7 Å². The predicted octanol–water partition coefficient (Wildman–Crippen LogP) is 2.23. The number of carbonyl (C=O) groups excluding carboxylic acids is 1. The molecule has 4 heteroatoms. The van der Waals surface area contributed by atoms with Crippen LogP contribution in [0.2, 0.25) is 5.02 Å². The smallest absolute Gasteiger partial charge is 0.223 e. The zero-order valence-corrected chi connectivity index (χ0v) is 11.3. The molecule has 1 aromatic carbocycles. The summed E-state index contributed by atoms with van der Waals surface area (Å²) < 4.78 is 0. The van der Waals surface area contributed by atoms with Gasteiger partial charge in [-0.15, -0.1) is 0 Å². The number of para-hydroxylation sites is 1. The lowest BCUT2D eigenvalue weighted by molar-refractivity contribution is -0.117. The van der Waals surface area contributed by atoms with Crippen LogP contribution in [0.5, 0.6) is 0 Å². The number of rotatable bonds is 0. The Balaban J connectivity index is 2.08. The molecule has 1 atom stereocenters. The Kier molecular flexibility index (Phi) is 2.83. The normalized spacial score (nSPS) is 26.4. The second-order valence-electron chi connectivity index (χ2n) is 5.46. The number of benzene rings is 1. The van der Waals surface area contributed by atoms with Gasteiger partial charge in [0.25, 0.3) is 0 Å². The molecule has 2 heterocycles. The number of carbonyl (C=O) groups is 1. The molecule has 18 heavy (non-hydrogen) atoms. The molecule has 1 saturated heterocycles. The van der Waals surface area contributed by atoms with Gasteiger partial charge in [-0.05, 0) is 31.0 Å². The van der Waals surface area contributed by atoms with E-state index in [2.05, 4.69) is 11.4 Å².